The van der Waals surface area contributed by atoms with Crippen molar-refractivity contribution in [2.45, 2.75) is 330 Å². The summed E-state index contributed by atoms with van der Waals surface area (Å²) in [5, 5.41) is 10.5. The maximum atomic E-state index is 13.0. The second kappa shape index (κ2) is 55.6. The third-order valence-electron chi connectivity index (χ3n) is 14.8. The van der Waals surface area contributed by atoms with Crippen LogP contribution in [0.1, 0.15) is 311 Å². The van der Waals surface area contributed by atoms with E-state index in [1.54, 1.807) is 0 Å². The molecule has 19 heteroatoms. The van der Waals surface area contributed by atoms with E-state index in [0.29, 0.717) is 31.6 Å². The number of phosphoric acid groups is 2. The standard InChI is InChI=1S/C63H122O17P2/c1-7-10-12-14-15-16-24-27-34-40-46-61(66)74-52-59(79-62(67)47-41-35-28-25-22-20-18-17-19-21-23-26-33-38-44-56(6)9-3)54-78-82(71,72)76-50-57(64)49-75-81(69,70)77-53-58(51-73-60(65)45-39-31-13-11-8-2)80-63(68)48-42-36-30-29-32-37-43-55(4)5/h55-59,64H,7-54H2,1-6H3,(H,69,70)(H,71,72)/t56?,57-,58+,59+/m0/s1. The molecule has 0 saturated carbocycles. The molecule has 486 valence electrons. The molecule has 0 fully saturated rings. The van der Waals surface area contributed by atoms with Gasteiger partial charge in [0.2, 0.25) is 0 Å². The van der Waals surface area contributed by atoms with Gasteiger partial charge in [-0.1, -0.05) is 260 Å². The van der Waals surface area contributed by atoms with E-state index in [9.17, 15) is 43.2 Å². The molecular weight excluding hydrogens is 1090 g/mol. The van der Waals surface area contributed by atoms with E-state index in [1.165, 1.54) is 122 Å². The van der Waals surface area contributed by atoms with Crippen LogP contribution in [0.5, 0.6) is 0 Å². The van der Waals surface area contributed by atoms with Gasteiger partial charge in [-0.05, 0) is 37.5 Å². The van der Waals surface area contributed by atoms with Crippen molar-refractivity contribution in [3.05, 3.63) is 0 Å². The van der Waals surface area contributed by atoms with E-state index in [1.807, 2.05) is 0 Å². The lowest BCUT2D eigenvalue weighted by Gasteiger charge is -2.21. The number of hydrogen-bond acceptors (Lipinski definition) is 15. The van der Waals surface area contributed by atoms with Crippen molar-refractivity contribution in [3.63, 3.8) is 0 Å². The van der Waals surface area contributed by atoms with Crippen LogP contribution < -0.4 is 0 Å². The third kappa shape index (κ3) is 55.9. The maximum Gasteiger partial charge on any atom is 0.472 e. The zero-order chi connectivity index (χ0) is 60.8. The van der Waals surface area contributed by atoms with Crippen LogP contribution in [0.15, 0.2) is 0 Å². The summed E-state index contributed by atoms with van der Waals surface area (Å²) in [5.74, 6) is -0.634. The molecule has 0 aliphatic rings. The predicted molar refractivity (Wildman–Crippen MR) is 326 cm³/mol. The topological polar surface area (TPSA) is 237 Å². The molecular formula is C63H122O17P2. The van der Waals surface area contributed by atoms with Gasteiger partial charge in [-0.2, -0.15) is 0 Å². The Morgan fingerprint density at radius 1 is 0.354 bits per heavy atom. The van der Waals surface area contributed by atoms with Gasteiger partial charge in [-0.25, -0.2) is 9.13 Å². The zero-order valence-electron chi connectivity index (χ0n) is 52.8. The van der Waals surface area contributed by atoms with Crippen LogP contribution in [-0.2, 0) is 65.4 Å². The Morgan fingerprint density at radius 3 is 0.927 bits per heavy atom. The minimum Gasteiger partial charge on any atom is -0.462 e. The molecule has 3 unspecified atom stereocenters. The lowest BCUT2D eigenvalue weighted by molar-refractivity contribution is -0.161. The molecule has 0 aromatic heterocycles. The first-order valence-corrected chi connectivity index (χ1v) is 36.0. The minimum atomic E-state index is -4.94. The number of rotatable bonds is 62. The Bertz CT molecular complexity index is 1620. The molecule has 3 N–H and O–H groups in total. The van der Waals surface area contributed by atoms with Gasteiger partial charge in [-0.15, -0.1) is 0 Å². The Labute approximate surface area is 498 Å². The van der Waals surface area contributed by atoms with E-state index in [4.69, 9.17) is 37.0 Å². The number of hydrogen-bond donors (Lipinski definition) is 3. The summed E-state index contributed by atoms with van der Waals surface area (Å²) < 4.78 is 67.7. The van der Waals surface area contributed by atoms with Gasteiger partial charge in [0.1, 0.15) is 19.3 Å². The molecule has 0 radical (unpaired) electrons. The van der Waals surface area contributed by atoms with Gasteiger partial charge < -0.3 is 33.8 Å². The van der Waals surface area contributed by atoms with Gasteiger partial charge in [0.05, 0.1) is 26.4 Å². The molecule has 0 aliphatic carbocycles. The zero-order valence-corrected chi connectivity index (χ0v) is 54.6. The summed E-state index contributed by atoms with van der Waals surface area (Å²) in [5.41, 5.74) is 0. The maximum absolute atomic E-state index is 13.0. The Morgan fingerprint density at radius 2 is 0.622 bits per heavy atom. The van der Waals surface area contributed by atoms with Gasteiger partial charge in [0.15, 0.2) is 12.2 Å². The molecule has 0 heterocycles. The molecule has 17 nitrogen and oxygen atoms in total. The fourth-order valence-corrected chi connectivity index (χ4v) is 10.9. The quantitative estimate of drug-likeness (QED) is 0.0222. The number of aliphatic hydroxyl groups is 1. The first-order chi connectivity index (χ1) is 39.4. The number of esters is 4. The molecule has 0 bridgehead atoms. The molecule has 0 spiro atoms. The fraction of sp³-hybridized carbons (Fsp3) is 0.937. The summed E-state index contributed by atoms with van der Waals surface area (Å²) in [6.07, 6.45) is 38.1. The summed E-state index contributed by atoms with van der Waals surface area (Å²) in [6, 6.07) is 0. The summed E-state index contributed by atoms with van der Waals surface area (Å²) in [7, 11) is -9.87. The Balaban J connectivity index is 5.13. The van der Waals surface area contributed by atoms with Crippen LogP contribution in [0.4, 0.5) is 0 Å². The number of carbonyl (C=O) groups excluding carboxylic acids is 4. The average Bonchev–Trinajstić information content (AvgIpc) is 3.44. The fourth-order valence-electron chi connectivity index (χ4n) is 9.32. The van der Waals surface area contributed by atoms with Gasteiger partial charge >= 0.3 is 39.5 Å². The normalized spacial score (nSPS) is 14.7. The largest absolute Gasteiger partial charge is 0.472 e. The minimum absolute atomic E-state index is 0.101. The summed E-state index contributed by atoms with van der Waals surface area (Å²) in [4.78, 5) is 71.8. The predicted octanol–water partition coefficient (Wildman–Crippen LogP) is 17.3. The van der Waals surface area contributed by atoms with E-state index < -0.39 is 97.5 Å². The van der Waals surface area contributed by atoms with Crippen molar-refractivity contribution in [1.29, 1.82) is 0 Å². The third-order valence-corrected chi connectivity index (χ3v) is 16.7. The van der Waals surface area contributed by atoms with Crippen molar-refractivity contribution < 1.29 is 80.2 Å². The van der Waals surface area contributed by atoms with Crippen LogP contribution in [0.25, 0.3) is 0 Å². The lowest BCUT2D eigenvalue weighted by atomic mass is 9.99. The molecule has 0 saturated heterocycles. The smallest absolute Gasteiger partial charge is 0.462 e. The summed E-state index contributed by atoms with van der Waals surface area (Å²) in [6.45, 7) is 9.35. The van der Waals surface area contributed by atoms with Crippen LogP contribution in [0.2, 0.25) is 0 Å². The number of ether oxygens (including phenoxy) is 4. The van der Waals surface area contributed by atoms with Crippen LogP contribution in [-0.4, -0.2) is 96.7 Å². The summed E-state index contributed by atoms with van der Waals surface area (Å²) >= 11 is 0. The van der Waals surface area contributed by atoms with Crippen molar-refractivity contribution >= 4 is 39.5 Å². The monoisotopic (exact) mass is 1210 g/mol. The van der Waals surface area contributed by atoms with Crippen molar-refractivity contribution in [1.82, 2.24) is 0 Å². The highest BCUT2D eigenvalue weighted by Crippen LogP contribution is 2.45. The van der Waals surface area contributed by atoms with Crippen LogP contribution in [0, 0.1) is 11.8 Å². The van der Waals surface area contributed by atoms with Crippen molar-refractivity contribution in [3.8, 4) is 0 Å². The van der Waals surface area contributed by atoms with E-state index in [2.05, 4.69) is 41.5 Å². The Hall–Kier alpha value is -1.94. The van der Waals surface area contributed by atoms with Gasteiger partial charge in [-0.3, -0.25) is 37.3 Å². The van der Waals surface area contributed by atoms with Gasteiger partial charge in [0.25, 0.3) is 0 Å². The molecule has 82 heavy (non-hydrogen) atoms. The molecule has 6 atom stereocenters. The average molecular weight is 1210 g/mol. The first kappa shape index (κ1) is 80.1. The highest BCUT2D eigenvalue weighted by atomic mass is 31.2. The molecule has 0 aromatic rings. The van der Waals surface area contributed by atoms with E-state index in [0.717, 1.165) is 102 Å². The first-order valence-electron chi connectivity index (χ1n) is 33.0. The second-order valence-electron chi connectivity index (χ2n) is 23.5. The molecule has 0 aliphatic heterocycles. The van der Waals surface area contributed by atoms with Gasteiger partial charge in [0, 0.05) is 25.7 Å². The van der Waals surface area contributed by atoms with Crippen molar-refractivity contribution in [2.75, 3.05) is 39.6 Å². The van der Waals surface area contributed by atoms with Crippen LogP contribution in [0.3, 0.4) is 0 Å². The Kier molecular flexibility index (Phi) is 54.3. The number of aliphatic hydroxyl groups excluding tert-OH is 1. The SMILES string of the molecule is CCCCCCCCCCCCC(=O)OC[C@H](COP(=O)(O)OC[C@@H](O)COP(=O)(O)OC[C@@H](COC(=O)CCCCCCC)OC(=O)CCCCCCCCC(C)C)OC(=O)CCCCCCCCCCCCCCCCC(C)CC. The number of carbonyl (C=O) groups is 4. The van der Waals surface area contributed by atoms with E-state index >= 15 is 0 Å². The molecule has 0 amide bonds. The molecule has 0 aromatic carbocycles. The van der Waals surface area contributed by atoms with Crippen molar-refractivity contribution in [2.24, 2.45) is 11.8 Å². The van der Waals surface area contributed by atoms with E-state index in [-0.39, 0.29) is 25.7 Å². The number of unbranched alkanes of at least 4 members (excludes halogenated alkanes) is 31. The second-order valence-corrected chi connectivity index (χ2v) is 26.4. The highest BCUT2D eigenvalue weighted by Gasteiger charge is 2.30. The lowest BCUT2D eigenvalue weighted by Crippen LogP contribution is -2.30. The molecule has 0 rings (SSSR count). The van der Waals surface area contributed by atoms with Crippen LogP contribution >= 0.6 is 15.6 Å². The highest BCUT2D eigenvalue weighted by molar-refractivity contribution is 7.47. The number of phosphoric ester groups is 2.